The van der Waals surface area contributed by atoms with Gasteiger partial charge in [0.1, 0.15) is 11.5 Å². The van der Waals surface area contributed by atoms with Crippen LogP contribution in [0.3, 0.4) is 0 Å². The lowest BCUT2D eigenvalue weighted by molar-refractivity contribution is 0.210. The summed E-state index contributed by atoms with van der Waals surface area (Å²) in [5.41, 5.74) is 10.7. The molecule has 4 rings (SSSR count). The van der Waals surface area contributed by atoms with Gasteiger partial charge in [-0.1, -0.05) is 24.3 Å². The van der Waals surface area contributed by atoms with Crippen LogP contribution in [0.5, 0.6) is 0 Å². The van der Waals surface area contributed by atoms with Gasteiger partial charge in [0.2, 0.25) is 0 Å². The lowest BCUT2D eigenvalue weighted by atomic mass is 10.0. The lowest BCUT2D eigenvalue weighted by Gasteiger charge is -2.10. The van der Waals surface area contributed by atoms with Gasteiger partial charge >= 0.3 is 0 Å². The van der Waals surface area contributed by atoms with Gasteiger partial charge in [0.15, 0.2) is 5.95 Å². The molecule has 7 heteroatoms. The first-order chi connectivity index (χ1) is 12.7. The van der Waals surface area contributed by atoms with E-state index in [1.165, 1.54) is 0 Å². The number of nitrogens with one attached hydrogen (secondary N) is 3. The number of nitrogen functional groups attached to an aromatic ring is 1. The van der Waals surface area contributed by atoms with Crippen LogP contribution in [0, 0.1) is 0 Å². The number of H-pyrrole nitrogens is 2. The molecule has 0 unspecified atom stereocenters. The predicted molar refractivity (Wildman–Crippen MR) is 104 cm³/mol. The van der Waals surface area contributed by atoms with Crippen LogP contribution in [0.4, 0.5) is 11.8 Å². The van der Waals surface area contributed by atoms with Gasteiger partial charge in [-0.2, -0.15) is 0 Å². The fourth-order valence-corrected chi connectivity index (χ4v) is 2.96. The van der Waals surface area contributed by atoms with Crippen LogP contribution in [0.25, 0.3) is 33.4 Å². The summed E-state index contributed by atoms with van der Waals surface area (Å²) in [6.07, 6.45) is 3.64. The third kappa shape index (κ3) is 3.12. The molecule has 4 aromatic rings. The van der Waals surface area contributed by atoms with E-state index in [0.717, 1.165) is 39.2 Å². The van der Waals surface area contributed by atoms with E-state index in [0.29, 0.717) is 19.1 Å². The number of nitrogens with two attached hydrogens (primary N) is 1. The molecule has 0 fully saturated rings. The number of methoxy groups -OCH3 is 1. The van der Waals surface area contributed by atoms with Crippen LogP contribution >= 0.6 is 0 Å². The number of aromatic nitrogens is 4. The molecule has 0 radical (unpaired) electrons. The molecule has 0 saturated carbocycles. The van der Waals surface area contributed by atoms with Gasteiger partial charge in [0, 0.05) is 25.2 Å². The van der Waals surface area contributed by atoms with E-state index in [4.69, 9.17) is 10.5 Å². The summed E-state index contributed by atoms with van der Waals surface area (Å²) in [6, 6.07) is 12.4. The molecule has 26 heavy (non-hydrogen) atoms. The molecule has 3 aromatic heterocycles. The largest absolute Gasteiger partial charge is 0.383 e. The maximum atomic E-state index is 5.66. The highest BCUT2D eigenvalue weighted by Crippen LogP contribution is 2.31. The number of imidazole rings is 1. The zero-order valence-corrected chi connectivity index (χ0v) is 14.4. The highest BCUT2D eigenvalue weighted by atomic mass is 16.5. The zero-order chi connectivity index (χ0) is 17.9. The molecule has 7 nitrogen and oxygen atoms in total. The second-order valence-corrected chi connectivity index (χ2v) is 5.97. The van der Waals surface area contributed by atoms with Crippen molar-refractivity contribution >= 4 is 22.8 Å². The number of aromatic amines is 2. The molecular formula is C19H20N6O. The Labute approximate surface area is 150 Å². The fraction of sp³-hybridized carbons (Fsp3) is 0.158. The first kappa shape index (κ1) is 16.2. The van der Waals surface area contributed by atoms with Crippen molar-refractivity contribution in [2.24, 2.45) is 0 Å². The Kier molecular flexibility index (Phi) is 4.28. The van der Waals surface area contributed by atoms with Crippen molar-refractivity contribution in [3.05, 3.63) is 48.8 Å². The first-order valence-electron chi connectivity index (χ1n) is 8.37. The number of benzene rings is 1. The van der Waals surface area contributed by atoms with Crippen LogP contribution in [-0.2, 0) is 4.74 Å². The van der Waals surface area contributed by atoms with Gasteiger partial charge in [0.25, 0.3) is 0 Å². The first-order valence-corrected chi connectivity index (χ1v) is 8.37. The van der Waals surface area contributed by atoms with E-state index in [1.54, 1.807) is 13.3 Å². The van der Waals surface area contributed by atoms with Crippen molar-refractivity contribution in [1.29, 1.82) is 0 Å². The average Bonchev–Trinajstić information content (AvgIpc) is 3.30. The Balaban J connectivity index is 1.69. The maximum absolute atomic E-state index is 5.66. The van der Waals surface area contributed by atoms with E-state index in [9.17, 15) is 0 Å². The summed E-state index contributed by atoms with van der Waals surface area (Å²) in [5, 5.41) is 4.38. The van der Waals surface area contributed by atoms with Crippen molar-refractivity contribution < 1.29 is 4.74 Å². The Morgan fingerprint density at radius 1 is 1.15 bits per heavy atom. The van der Waals surface area contributed by atoms with E-state index < -0.39 is 0 Å². The highest BCUT2D eigenvalue weighted by molar-refractivity contribution is 5.95. The summed E-state index contributed by atoms with van der Waals surface area (Å²) in [4.78, 5) is 14.9. The average molecular weight is 348 g/mol. The molecule has 0 aliphatic rings. The number of ether oxygens (including phenoxy) is 1. The molecule has 0 spiro atoms. The van der Waals surface area contributed by atoms with Gasteiger partial charge in [-0.15, -0.1) is 0 Å². The second kappa shape index (κ2) is 6.89. The van der Waals surface area contributed by atoms with Gasteiger partial charge in [-0.25, -0.2) is 9.97 Å². The molecule has 3 heterocycles. The number of pyridine rings is 1. The second-order valence-electron chi connectivity index (χ2n) is 5.97. The van der Waals surface area contributed by atoms with Crippen LogP contribution < -0.4 is 11.1 Å². The third-order valence-electron chi connectivity index (χ3n) is 4.24. The number of hydrogen-bond donors (Lipinski definition) is 4. The third-order valence-corrected chi connectivity index (χ3v) is 4.24. The molecule has 1 aromatic carbocycles. The van der Waals surface area contributed by atoms with E-state index in [2.05, 4.69) is 55.6 Å². The number of nitrogens with zero attached hydrogens (tertiary/aromatic N) is 2. The van der Waals surface area contributed by atoms with Crippen LogP contribution in [0.15, 0.2) is 48.8 Å². The van der Waals surface area contributed by atoms with Crippen molar-refractivity contribution in [2.45, 2.75) is 0 Å². The van der Waals surface area contributed by atoms with Crippen molar-refractivity contribution in [3.63, 3.8) is 0 Å². The van der Waals surface area contributed by atoms with E-state index >= 15 is 0 Å². The summed E-state index contributed by atoms with van der Waals surface area (Å²) in [5.74, 6) is 1.23. The van der Waals surface area contributed by atoms with Gasteiger partial charge in [-0.05, 0) is 28.8 Å². The Morgan fingerprint density at radius 2 is 1.96 bits per heavy atom. The van der Waals surface area contributed by atoms with Crippen LogP contribution in [0.1, 0.15) is 0 Å². The van der Waals surface area contributed by atoms with E-state index in [-0.39, 0.29) is 0 Å². The van der Waals surface area contributed by atoms with Gasteiger partial charge in [0.05, 0.1) is 18.5 Å². The molecule has 5 N–H and O–H groups in total. The molecule has 0 bridgehead atoms. The number of anilines is 2. The van der Waals surface area contributed by atoms with Gasteiger partial charge < -0.3 is 25.8 Å². The Morgan fingerprint density at radius 3 is 2.69 bits per heavy atom. The molecule has 0 saturated heterocycles. The SMILES string of the molecule is COCCNc1cc(-c2ccc(-c3cnc(N)[nH]3)cc2)c2cc[nH]c2n1. The molecular weight excluding hydrogens is 328 g/mol. The minimum atomic E-state index is 0.416. The topological polar surface area (TPSA) is 105 Å². The molecule has 0 aliphatic heterocycles. The van der Waals surface area contributed by atoms with E-state index in [1.807, 2.05) is 12.3 Å². The van der Waals surface area contributed by atoms with Crippen LogP contribution in [-0.4, -0.2) is 40.2 Å². The molecule has 0 aliphatic carbocycles. The molecule has 0 amide bonds. The summed E-state index contributed by atoms with van der Waals surface area (Å²) in [7, 11) is 1.68. The Hall–Kier alpha value is -3.32. The zero-order valence-electron chi connectivity index (χ0n) is 14.4. The summed E-state index contributed by atoms with van der Waals surface area (Å²) >= 11 is 0. The summed E-state index contributed by atoms with van der Waals surface area (Å²) < 4.78 is 5.09. The highest BCUT2D eigenvalue weighted by Gasteiger charge is 2.10. The number of hydrogen-bond acceptors (Lipinski definition) is 5. The number of fused-ring (bicyclic) bond motifs is 1. The minimum Gasteiger partial charge on any atom is -0.383 e. The maximum Gasteiger partial charge on any atom is 0.197 e. The minimum absolute atomic E-state index is 0.416. The predicted octanol–water partition coefficient (Wildman–Crippen LogP) is 3.26. The Bertz CT molecular complexity index is 1020. The van der Waals surface area contributed by atoms with Crippen molar-refractivity contribution in [1.82, 2.24) is 19.9 Å². The monoisotopic (exact) mass is 348 g/mol. The smallest absolute Gasteiger partial charge is 0.197 e. The lowest BCUT2D eigenvalue weighted by Crippen LogP contribution is -2.08. The van der Waals surface area contributed by atoms with Crippen molar-refractivity contribution in [2.75, 3.05) is 31.3 Å². The quantitative estimate of drug-likeness (QED) is 0.400. The molecule has 0 atom stereocenters. The fourth-order valence-electron chi connectivity index (χ4n) is 2.96. The molecule has 132 valence electrons. The van der Waals surface area contributed by atoms with Crippen molar-refractivity contribution in [3.8, 4) is 22.4 Å². The summed E-state index contributed by atoms with van der Waals surface area (Å²) in [6.45, 7) is 1.33. The standard InChI is InChI=1S/C19H20N6O/c1-26-9-8-21-17-10-15(14-6-7-22-18(14)25-17)12-2-4-13(5-3-12)16-11-23-19(20)24-16/h2-7,10-11H,8-9H2,1H3,(H3,20,23,24)(H2,21,22,25). The van der Waals surface area contributed by atoms with Gasteiger partial charge in [-0.3, -0.25) is 0 Å². The van der Waals surface area contributed by atoms with Crippen LogP contribution in [0.2, 0.25) is 0 Å². The number of rotatable bonds is 6. The normalized spacial score (nSPS) is 11.1.